The average molecular weight is 288 g/mol. The third-order valence-corrected chi connectivity index (χ3v) is 5.09. The fourth-order valence-electron chi connectivity index (χ4n) is 3.93. The van der Waals surface area contributed by atoms with Crippen molar-refractivity contribution in [1.29, 1.82) is 0 Å². The summed E-state index contributed by atoms with van der Waals surface area (Å²) >= 11 is 0. The van der Waals surface area contributed by atoms with Crippen LogP contribution in [0.4, 0.5) is 0 Å². The third-order valence-electron chi connectivity index (χ3n) is 5.09. The molecule has 2 saturated carbocycles. The van der Waals surface area contributed by atoms with E-state index < -0.39 is 0 Å². The summed E-state index contributed by atoms with van der Waals surface area (Å²) in [6, 6.07) is 4.60. The zero-order chi connectivity index (χ0) is 14.8. The minimum atomic E-state index is 0.464. The van der Waals surface area contributed by atoms with Crippen LogP contribution in [0.3, 0.4) is 0 Å². The number of pyridine rings is 1. The van der Waals surface area contributed by atoms with Gasteiger partial charge in [-0.3, -0.25) is 4.98 Å². The number of ether oxygens (including phenoxy) is 1. The van der Waals surface area contributed by atoms with Gasteiger partial charge in [-0.2, -0.15) is 0 Å². The SMILES string of the molecule is Cc1ccc(OCC2CC3CCC2C3)c(CNC(C)C)n1. The van der Waals surface area contributed by atoms with Gasteiger partial charge in [0.2, 0.25) is 0 Å². The van der Waals surface area contributed by atoms with Crippen LogP contribution in [0.25, 0.3) is 0 Å². The second kappa shape index (κ2) is 6.35. The van der Waals surface area contributed by atoms with Crippen molar-refractivity contribution in [2.24, 2.45) is 17.8 Å². The van der Waals surface area contributed by atoms with Crippen LogP contribution >= 0.6 is 0 Å². The molecule has 0 aliphatic heterocycles. The first-order valence-corrected chi connectivity index (χ1v) is 8.44. The molecule has 0 spiro atoms. The van der Waals surface area contributed by atoms with Crippen LogP contribution in [-0.2, 0) is 6.54 Å². The molecule has 3 heteroatoms. The highest BCUT2D eigenvalue weighted by atomic mass is 16.5. The summed E-state index contributed by atoms with van der Waals surface area (Å²) in [6.07, 6.45) is 5.70. The predicted octanol–water partition coefficient (Wildman–Crippen LogP) is 3.70. The number of rotatable bonds is 6. The lowest BCUT2D eigenvalue weighted by atomic mass is 9.89. The lowest BCUT2D eigenvalue weighted by Gasteiger charge is -2.22. The summed E-state index contributed by atoms with van der Waals surface area (Å²) in [5.41, 5.74) is 2.11. The minimum Gasteiger partial charge on any atom is -0.491 e. The van der Waals surface area contributed by atoms with Crippen LogP contribution in [0.1, 0.15) is 50.9 Å². The fourth-order valence-corrected chi connectivity index (χ4v) is 3.93. The van der Waals surface area contributed by atoms with Gasteiger partial charge in [0.25, 0.3) is 0 Å². The Balaban J connectivity index is 1.61. The van der Waals surface area contributed by atoms with Crippen molar-refractivity contribution >= 4 is 0 Å². The molecule has 3 atom stereocenters. The molecule has 3 unspecified atom stereocenters. The molecule has 0 amide bonds. The maximum atomic E-state index is 6.16. The molecule has 0 aromatic carbocycles. The van der Waals surface area contributed by atoms with E-state index in [1.54, 1.807) is 0 Å². The largest absolute Gasteiger partial charge is 0.491 e. The number of aryl methyl sites for hydroxylation is 1. The quantitative estimate of drug-likeness (QED) is 0.866. The molecule has 2 fully saturated rings. The van der Waals surface area contributed by atoms with Crippen molar-refractivity contribution in [3.63, 3.8) is 0 Å². The van der Waals surface area contributed by atoms with E-state index in [4.69, 9.17) is 4.74 Å². The first-order valence-electron chi connectivity index (χ1n) is 8.44. The zero-order valence-corrected chi connectivity index (χ0v) is 13.6. The highest BCUT2D eigenvalue weighted by molar-refractivity contribution is 5.29. The Kier molecular flexibility index (Phi) is 4.48. The van der Waals surface area contributed by atoms with Gasteiger partial charge in [0.1, 0.15) is 5.75 Å². The Labute approximate surface area is 128 Å². The molecule has 21 heavy (non-hydrogen) atoms. The molecule has 2 bridgehead atoms. The molecule has 3 nitrogen and oxygen atoms in total. The van der Waals surface area contributed by atoms with Crippen LogP contribution in [0.2, 0.25) is 0 Å². The van der Waals surface area contributed by atoms with E-state index in [0.717, 1.165) is 48.0 Å². The third kappa shape index (κ3) is 3.57. The van der Waals surface area contributed by atoms with Gasteiger partial charge < -0.3 is 10.1 Å². The second-order valence-corrected chi connectivity index (χ2v) is 7.18. The highest BCUT2D eigenvalue weighted by Crippen LogP contribution is 2.48. The van der Waals surface area contributed by atoms with Gasteiger partial charge in [-0.25, -0.2) is 0 Å². The van der Waals surface area contributed by atoms with Gasteiger partial charge >= 0.3 is 0 Å². The average Bonchev–Trinajstić information content (AvgIpc) is 3.06. The molecular formula is C18H28N2O. The van der Waals surface area contributed by atoms with Gasteiger partial charge in [-0.15, -0.1) is 0 Å². The Hall–Kier alpha value is -1.09. The van der Waals surface area contributed by atoms with Crippen molar-refractivity contribution in [3.05, 3.63) is 23.5 Å². The molecule has 1 aromatic rings. The molecule has 0 saturated heterocycles. The van der Waals surface area contributed by atoms with E-state index >= 15 is 0 Å². The number of fused-ring (bicyclic) bond motifs is 2. The Bertz CT molecular complexity index is 486. The van der Waals surface area contributed by atoms with E-state index in [2.05, 4.69) is 36.3 Å². The maximum absolute atomic E-state index is 6.16. The van der Waals surface area contributed by atoms with E-state index in [1.807, 2.05) is 6.92 Å². The van der Waals surface area contributed by atoms with Gasteiger partial charge in [-0.05, 0) is 56.1 Å². The van der Waals surface area contributed by atoms with Gasteiger partial charge in [0.15, 0.2) is 0 Å². The molecule has 1 N–H and O–H groups in total. The fraction of sp³-hybridized carbons (Fsp3) is 0.722. The highest BCUT2D eigenvalue weighted by Gasteiger charge is 2.39. The van der Waals surface area contributed by atoms with E-state index in [9.17, 15) is 0 Å². The standard InChI is InChI=1S/C18H28N2O/c1-12(2)19-10-17-18(7-4-13(3)20-17)21-11-16-9-14-5-6-15(16)8-14/h4,7,12,14-16,19H,5-6,8-11H2,1-3H3. The number of nitrogens with zero attached hydrogens (tertiary/aromatic N) is 1. The van der Waals surface area contributed by atoms with Gasteiger partial charge in [0, 0.05) is 18.3 Å². The molecule has 0 radical (unpaired) electrons. The monoisotopic (exact) mass is 288 g/mol. The predicted molar refractivity (Wildman–Crippen MR) is 85.4 cm³/mol. The summed E-state index contributed by atoms with van der Waals surface area (Å²) in [7, 11) is 0. The lowest BCUT2D eigenvalue weighted by molar-refractivity contribution is 0.193. The summed E-state index contributed by atoms with van der Waals surface area (Å²) in [5.74, 6) is 3.65. The summed E-state index contributed by atoms with van der Waals surface area (Å²) in [4.78, 5) is 4.65. The van der Waals surface area contributed by atoms with Crippen LogP contribution < -0.4 is 10.1 Å². The summed E-state index contributed by atoms with van der Waals surface area (Å²) in [6.45, 7) is 8.02. The van der Waals surface area contributed by atoms with E-state index in [0.29, 0.717) is 6.04 Å². The zero-order valence-electron chi connectivity index (χ0n) is 13.6. The molecule has 2 aliphatic carbocycles. The number of aromatic nitrogens is 1. The van der Waals surface area contributed by atoms with Crippen LogP contribution in [0.15, 0.2) is 12.1 Å². The number of hydrogen-bond acceptors (Lipinski definition) is 3. The lowest BCUT2D eigenvalue weighted by Crippen LogP contribution is -2.24. The molecule has 3 rings (SSSR count). The van der Waals surface area contributed by atoms with Crippen LogP contribution in [0, 0.1) is 24.7 Å². The number of nitrogens with one attached hydrogen (secondary N) is 1. The van der Waals surface area contributed by atoms with Crippen molar-refractivity contribution in [2.75, 3.05) is 6.61 Å². The van der Waals surface area contributed by atoms with Gasteiger partial charge in [0.05, 0.1) is 12.3 Å². The van der Waals surface area contributed by atoms with Crippen LogP contribution in [0.5, 0.6) is 5.75 Å². The molecule has 1 heterocycles. The van der Waals surface area contributed by atoms with Crippen molar-refractivity contribution in [3.8, 4) is 5.75 Å². The van der Waals surface area contributed by atoms with E-state index in [-0.39, 0.29) is 0 Å². The first kappa shape index (κ1) is 14.8. The normalized spacial score (nSPS) is 27.5. The van der Waals surface area contributed by atoms with Crippen molar-refractivity contribution in [2.45, 2.75) is 59.0 Å². The summed E-state index contributed by atoms with van der Waals surface area (Å²) in [5, 5.41) is 3.44. The molecular weight excluding hydrogens is 260 g/mol. The Morgan fingerprint density at radius 2 is 2.14 bits per heavy atom. The maximum Gasteiger partial charge on any atom is 0.142 e. The van der Waals surface area contributed by atoms with Crippen molar-refractivity contribution in [1.82, 2.24) is 10.3 Å². The summed E-state index contributed by atoms with van der Waals surface area (Å²) < 4.78 is 6.16. The molecule has 116 valence electrons. The number of hydrogen-bond donors (Lipinski definition) is 1. The molecule has 2 aliphatic rings. The van der Waals surface area contributed by atoms with Crippen molar-refractivity contribution < 1.29 is 4.74 Å². The first-order chi connectivity index (χ1) is 10.1. The minimum absolute atomic E-state index is 0.464. The smallest absolute Gasteiger partial charge is 0.142 e. The van der Waals surface area contributed by atoms with Crippen LogP contribution in [-0.4, -0.2) is 17.6 Å². The molecule has 1 aromatic heterocycles. The Morgan fingerprint density at radius 1 is 1.29 bits per heavy atom. The topological polar surface area (TPSA) is 34.1 Å². The van der Waals surface area contributed by atoms with E-state index in [1.165, 1.54) is 25.7 Å². The second-order valence-electron chi connectivity index (χ2n) is 7.18. The Morgan fingerprint density at radius 3 is 2.81 bits per heavy atom. The van der Waals surface area contributed by atoms with Gasteiger partial charge in [-0.1, -0.05) is 20.3 Å².